The fraction of sp³-hybridized carbons (Fsp3) is 0.333. The Morgan fingerprint density at radius 2 is 2.07 bits per heavy atom. The lowest BCUT2D eigenvalue weighted by Gasteiger charge is -2.18. The second kappa shape index (κ2) is 8.57. The number of rotatable bonds is 6. The number of anilines is 1. The lowest BCUT2D eigenvalue weighted by Crippen LogP contribution is -2.34. The molecular weight excluding hydrogens is 408 g/mol. The van der Waals surface area contributed by atoms with Gasteiger partial charge in [-0.05, 0) is 53.0 Å². The highest BCUT2D eigenvalue weighted by atomic mass is 79.9. The van der Waals surface area contributed by atoms with Gasteiger partial charge in [0.1, 0.15) is 5.75 Å². The predicted molar refractivity (Wildman–Crippen MR) is 109 cm³/mol. The lowest BCUT2D eigenvalue weighted by molar-refractivity contribution is -0.126. The van der Waals surface area contributed by atoms with Crippen LogP contribution in [0.3, 0.4) is 0 Å². The van der Waals surface area contributed by atoms with Crippen molar-refractivity contribution >= 4 is 33.4 Å². The highest BCUT2D eigenvalue weighted by Crippen LogP contribution is 2.31. The van der Waals surface area contributed by atoms with Gasteiger partial charge < -0.3 is 15.0 Å². The third-order valence-electron chi connectivity index (χ3n) is 4.77. The first kappa shape index (κ1) is 19.4. The first-order valence-corrected chi connectivity index (χ1v) is 9.75. The molecule has 3 rings (SSSR count). The molecular formula is C21H23BrN2O3. The molecule has 142 valence electrons. The molecule has 5 nitrogen and oxygen atoms in total. The van der Waals surface area contributed by atoms with E-state index in [1.165, 1.54) is 0 Å². The Labute approximate surface area is 167 Å². The van der Waals surface area contributed by atoms with E-state index >= 15 is 0 Å². The van der Waals surface area contributed by atoms with Crippen molar-refractivity contribution in [2.45, 2.75) is 19.8 Å². The van der Waals surface area contributed by atoms with E-state index in [-0.39, 0.29) is 24.2 Å². The number of nitrogens with one attached hydrogen (secondary N) is 1. The molecule has 1 aliphatic rings. The Balaban J connectivity index is 1.57. The summed E-state index contributed by atoms with van der Waals surface area (Å²) in [7, 11) is 1.65. The van der Waals surface area contributed by atoms with Crippen LogP contribution in [0.1, 0.15) is 17.5 Å². The van der Waals surface area contributed by atoms with Crippen LogP contribution in [0.5, 0.6) is 5.75 Å². The standard InChI is InChI=1S/C21H23BrN2O3/c1-14-7-8-19(27-2)15(11-14)9-10-23-21(26)16-12-20(25)24(13-16)18-6-4-3-5-17(18)22/h3-8,11,16H,9-10,12-13H2,1-2H3,(H,23,26). The minimum Gasteiger partial charge on any atom is -0.496 e. The second-order valence-electron chi connectivity index (χ2n) is 6.71. The summed E-state index contributed by atoms with van der Waals surface area (Å²) in [5, 5.41) is 2.97. The van der Waals surface area contributed by atoms with E-state index in [0.717, 1.165) is 27.0 Å². The highest BCUT2D eigenvalue weighted by Gasteiger charge is 2.35. The third-order valence-corrected chi connectivity index (χ3v) is 5.44. The molecule has 1 heterocycles. The first-order valence-electron chi connectivity index (χ1n) is 8.95. The Morgan fingerprint density at radius 3 is 2.81 bits per heavy atom. The van der Waals surface area contributed by atoms with Crippen LogP contribution in [0, 0.1) is 12.8 Å². The van der Waals surface area contributed by atoms with Crippen molar-refractivity contribution in [1.29, 1.82) is 0 Å². The number of nitrogens with zero attached hydrogens (tertiary/aromatic N) is 1. The van der Waals surface area contributed by atoms with Gasteiger partial charge >= 0.3 is 0 Å². The van der Waals surface area contributed by atoms with Crippen LogP contribution in [0.2, 0.25) is 0 Å². The number of hydrogen-bond acceptors (Lipinski definition) is 3. The van der Waals surface area contributed by atoms with Crippen molar-refractivity contribution in [2.75, 3.05) is 25.1 Å². The number of para-hydroxylation sites is 1. The second-order valence-corrected chi connectivity index (χ2v) is 7.57. The first-order chi connectivity index (χ1) is 13.0. The number of amides is 2. The van der Waals surface area contributed by atoms with Crippen LogP contribution in [0.25, 0.3) is 0 Å². The topological polar surface area (TPSA) is 58.6 Å². The van der Waals surface area contributed by atoms with Crippen molar-refractivity contribution in [3.8, 4) is 5.75 Å². The van der Waals surface area contributed by atoms with Gasteiger partial charge in [0.25, 0.3) is 0 Å². The molecule has 0 spiro atoms. The minimum absolute atomic E-state index is 0.0256. The van der Waals surface area contributed by atoms with Crippen LogP contribution < -0.4 is 15.0 Å². The number of ether oxygens (including phenoxy) is 1. The van der Waals surface area contributed by atoms with E-state index in [1.807, 2.05) is 43.3 Å². The molecule has 2 aromatic carbocycles. The molecule has 1 fully saturated rings. The summed E-state index contributed by atoms with van der Waals surface area (Å²) in [5.74, 6) is 0.391. The van der Waals surface area contributed by atoms with Gasteiger partial charge in [0.05, 0.1) is 18.7 Å². The van der Waals surface area contributed by atoms with Crippen molar-refractivity contribution in [2.24, 2.45) is 5.92 Å². The summed E-state index contributed by atoms with van der Waals surface area (Å²) in [4.78, 5) is 26.6. The fourth-order valence-corrected chi connectivity index (χ4v) is 3.85. The molecule has 1 N–H and O–H groups in total. The molecule has 27 heavy (non-hydrogen) atoms. The van der Waals surface area contributed by atoms with E-state index in [1.54, 1.807) is 12.0 Å². The van der Waals surface area contributed by atoms with Crippen molar-refractivity contribution in [3.05, 3.63) is 58.1 Å². The summed E-state index contributed by atoms with van der Waals surface area (Å²) in [6.45, 7) is 2.95. The lowest BCUT2D eigenvalue weighted by atomic mass is 10.1. The molecule has 2 aromatic rings. The quantitative estimate of drug-likeness (QED) is 0.762. The van der Waals surface area contributed by atoms with Crippen molar-refractivity contribution < 1.29 is 14.3 Å². The zero-order chi connectivity index (χ0) is 19.4. The number of hydrogen-bond donors (Lipinski definition) is 1. The van der Waals surface area contributed by atoms with Crippen LogP contribution in [-0.4, -0.2) is 32.0 Å². The average Bonchev–Trinajstić information content (AvgIpc) is 3.04. The minimum atomic E-state index is -0.330. The molecule has 0 bridgehead atoms. The number of methoxy groups -OCH3 is 1. The zero-order valence-electron chi connectivity index (χ0n) is 15.5. The van der Waals surface area contributed by atoms with Gasteiger partial charge in [0, 0.05) is 24.0 Å². The molecule has 0 saturated carbocycles. The maximum atomic E-state index is 12.5. The predicted octanol–water partition coefficient (Wildman–Crippen LogP) is 3.48. The smallest absolute Gasteiger partial charge is 0.227 e. The normalized spacial score (nSPS) is 16.5. The van der Waals surface area contributed by atoms with Gasteiger partial charge in [-0.15, -0.1) is 0 Å². The Bertz CT molecular complexity index is 853. The summed E-state index contributed by atoms with van der Waals surface area (Å²) < 4.78 is 6.23. The molecule has 1 saturated heterocycles. The Kier molecular flexibility index (Phi) is 6.16. The Hall–Kier alpha value is -2.34. The molecule has 0 radical (unpaired) electrons. The van der Waals surface area contributed by atoms with Gasteiger partial charge in [-0.3, -0.25) is 9.59 Å². The summed E-state index contributed by atoms with van der Waals surface area (Å²) in [6.07, 6.45) is 0.923. The van der Waals surface area contributed by atoms with E-state index < -0.39 is 0 Å². The number of carbonyl (C=O) groups excluding carboxylic acids is 2. The number of halogens is 1. The van der Waals surface area contributed by atoms with Gasteiger partial charge in [-0.2, -0.15) is 0 Å². The third kappa shape index (κ3) is 4.50. The molecule has 0 aliphatic carbocycles. The summed E-state index contributed by atoms with van der Waals surface area (Å²) in [5.41, 5.74) is 3.03. The van der Waals surface area contributed by atoms with Gasteiger partial charge in [-0.1, -0.05) is 29.8 Å². The number of benzene rings is 2. The van der Waals surface area contributed by atoms with E-state index in [2.05, 4.69) is 27.3 Å². The van der Waals surface area contributed by atoms with E-state index in [9.17, 15) is 9.59 Å². The maximum absolute atomic E-state index is 12.5. The molecule has 2 amide bonds. The van der Waals surface area contributed by atoms with E-state index in [4.69, 9.17) is 4.74 Å². The van der Waals surface area contributed by atoms with Gasteiger partial charge in [0.15, 0.2) is 0 Å². The van der Waals surface area contributed by atoms with Crippen LogP contribution in [-0.2, 0) is 16.0 Å². The van der Waals surface area contributed by atoms with Gasteiger partial charge in [0.2, 0.25) is 11.8 Å². The van der Waals surface area contributed by atoms with Crippen molar-refractivity contribution in [1.82, 2.24) is 5.32 Å². The maximum Gasteiger partial charge on any atom is 0.227 e. The molecule has 1 aliphatic heterocycles. The summed E-state index contributed by atoms with van der Waals surface area (Å²) in [6, 6.07) is 13.6. The largest absolute Gasteiger partial charge is 0.496 e. The average molecular weight is 431 g/mol. The molecule has 1 atom stereocenters. The number of aryl methyl sites for hydroxylation is 1. The van der Waals surface area contributed by atoms with Crippen LogP contribution >= 0.6 is 15.9 Å². The molecule has 0 aromatic heterocycles. The molecule has 6 heteroatoms. The summed E-state index contributed by atoms with van der Waals surface area (Å²) >= 11 is 3.47. The molecule has 1 unspecified atom stereocenters. The Morgan fingerprint density at radius 1 is 1.30 bits per heavy atom. The van der Waals surface area contributed by atoms with Gasteiger partial charge in [-0.25, -0.2) is 0 Å². The monoisotopic (exact) mass is 430 g/mol. The SMILES string of the molecule is COc1ccc(C)cc1CCNC(=O)C1CC(=O)N(c2ccccc2Br)C1. The van der Waals surface area contributed by atoms with Crippen LogP contribution in [0.4, 0.5) is 5.69 Å². The van der Waals surface area contributed by atoms with Crippen LogP contribution in [0.15, 0.2) is 46.9 Å². The zero-order valence-corrected chi connectivity index (χ0v) is 17.1. The number of carbonyl (C=O) groups is 2. The van der Waals surface area contributed by atoms with E-state index in [0.29, 0.717) is 19.5 Å². The highest BCUT2D eigenvalue weighted by molar-refractivity contribution is 9.10. The van der Waals surface area contributed by atoms with Crippen molar-refractivity contribution in [3.63, 3.8) is 0 Å². The fourth-order valence-electron chi connectivity index (χ4n) is 3.35.